The van der Waals surface area contributed by atoms with Crippen molar-refractivity contribution in [2.24, 2.45) is 10.9 Å². The highest BCUT2D eigenvalue weighted by Crippen LogP contribution is 2.40. The molecule has 33 heavy (non-hydrogen) atoms. The lowest BCUT2D eigenvalue weighted by Gasteiger charge is -2.34. The third-order valence-electron chi connectivity index (χ3n) is 5.42. The molecule has 174 valence electrons. The molecule has 2 N–H and O–H groups in total. The van der Waals surface area contributed by atoms with Crippen LogP contribution in [0.15, 0.2) is 46.0 Å². The third-order valence-corrected chi connectivity index (χ3v) is 6.53. The average molecular weight is 494 g/mol. The van der Waals surface area contributed by atoms with E-state index in [9.17, 15) is 19.1 Å². The molecule has 8 nitrogen and oxygen atoms in total. The Morgan fingerprint density at radius 3 is 2.82 bits per heavy atom. The number of esters is 1. The van der Waals surface area contributed by atoms with Gasteiger partial charge in [0.1, 0.15) is 11.9 Å². The number of rotatable bonds is 6. The lowest BCUT2D eigenvalue weighted by atomic mass is 9.87. The van der Waals surface area contributed by atoms with Crippen LogP contribution in [0.4, 0.5) is 4.39 Å². The van der Waals surface area contributed by atoms with E-state index in [0.717, 1.165) is 0 Å². The number of thiazole rings is 1. The summed E-state index contributed by atoms with van der Waals surface area (Å²) in [5.74, 6) is -2.01. The van der Waals surface area contributed by atoms with Crippen molar-refractivity contribution in [3.8, 4) is 0 Å². The smallest absolute Gasteiger partial charge is 0.338 e. The van der Waals surface area contributed by atoms with Gasteiger partial charge in [-0.05, 0) is 31.9 Å². The van der Waals surface area contributed by atoms with Crippen molar-refractivity contribution in [1.82, 2.24) is 10.3 Å². The van der Waals surface area contributed by atoms with Crippen molar-refractivity contribution < 1.29 is 28.6 Å². The minimum atomic E-state index is -1.02. The fourth-order valence-corrected chi connectivity index (χ4v) is 4.75. The number of nitrogens with zero attached hydrogens (tertiary/aromatic N) is 2. The maximum Gasteiger partial charge on any atom is 0.338 e. The van der Waals surface area contributed by atoms with Gasteiger partial charge in [-0.2, -0.15) is 0 Å². The fraction of sp³-hybridized carbons (Fsp3) is 0.364. The number of carbonyl (C=O) groups excluding carboxylic acids is 1. The topological polar surface area (TPSA) is 110 Å². The molecular weight excluding hydrogens is 473 g/mol. The molecule has 0 amide bonds. The summed E-state index contributed by atoms with van der Waals surface area (Å²) in [6.07, 6.45) is 1.49. The minimum absolute atomic E-state index is 0.0945. The number of carbonyl (C=O) groups is 2. The highest BCUT2D eigenvalue weighted by Gasteiger charge is 2.39. The van der Waals surface area contributed by atoms with E-state index < -0.39 is 29.9 Å². The Hall–Kier alpha value is -2.82. The standard InChI is InChI=1S/C22H21ClFN3O5S/c1-2-31-22(30)16-17(11-3-6-15(21(28)29)32-10-11)26-19(20-25-7-8-33-20)27-18(16)13-5-4-12(24)9-14(13)23/h4-5,7-9,11,15,18H,2-3,6,10H2,1H3,(H,26,27)(H,28,29)/t11-,15-,18?/m1/s1. The molecule has 0 saturated carbocycles. The maximum atomic E-state index is 13.8. The summed E-state index contributed by atoms with van der Waals surface area (Å²) in [6.45, 7) is 1.93. The summed E-state index contributed by atoms with van der Waals surface area (Å²) in [5, 5.41) is 15.0. The summed E-state index contributed by atoms with van der Waals surface area (Å²) < 4.78 is 24.6. The number of aliphatic carboxylic acids is 1. The van der Waals surface area contributed by atoms with Gasteiger partial charge in [0.2, 0.25) is 0 Å². The average Bonchev–Trinajstić information content (AvgIpc) is 3.33. The highest BCUT2D eigenvalue weighted by atomic mass is 35.5. The van der Waals surface area contributed by atoms with Gasteiger partial charge in [0.05, 0.1) is 18.8 Å². The van der Waals surface area contributed by atoms with Crippen molar-refractivity contribution in [1.29, 1.82) is 0 Å². The van der Waals surface area contributed by atoms with Gasteiger partial charge in [-0.3, -0.25) is 4.99 Å². The molecule has 1 aromatic heterocycles. The third kappa shape index (κ3) is 4.92. The Morgan fingerprint density at radius 1 is 1.39 bits per heavy atom. The molecule has 3 heterocycles. The zero-order valence-corrected chi connectivity index (χ0v) is 19.2. The molecule has 0 spiro atoms. The molecule has 2 aromatic rings. The Balaban J connectivity index is 1.82. The number of aromatic nitrogens is 1. The van der Waals surface area contributed by atoms with E-state index in [1.807, 2.05) is 0 Å². The van der Waals surface area contributed by atoms with Crippen LogP contribution in [-0.4, -0.2) is 47.2 Å². The molecule has 1 aromatic carbocycles. The number of halogens is 2. The molecule has 0 aliphatic carbocycles. The van der Waals surface area contributed by atoms with Crippen LogP contribution in [0.3, 0.4) is 0 Å². The van der Waals surface area contributed by atoms with Crippen molar-refractivity contribution >= 4 is 40.7 Å². The fourth-order valence-electron chi connectivity index (χ4n) is 3.89. The summed E-state index contributed by atoms with van der Waals surface area (Å²) in [6, 6.07) is 3.04. The highest BCUT2D eigenvalue weighted by molar-refractivity contribution is 7.11. The van der Waals surface area contributed by atoms with E-state index >= 15 is 0 Å². The lowest BCUT2D eigenvalue weighted by molar-refractivity contribution is -0.154. The predicted octanol–water partition coefficient (Wildman–Crippen LogP) is 3.72. The second-order valence-electron chi connectivity index (χ2n) is 7.49. The molecule has 1 saturated heterocycles. The van der Waals surface area contributed by atoms with Crippen LogP contribution < -0.4 is 5.32 Å². The van der Waals surface area contributed by atoms with Crippen LogP contribution in [0.2, 0.25) is 5.02 Å². The van der Waals surface area contributed by atoms with E-state index in [1.54, 1.807) is 18.5 Å². The van der Waals surface area contributed by atoms with Crippen molar-refractivity contribution in [3.63, 3.8) is 0 Å². The van der Waals surface area contributed by atoms with Gasteiger partial charge in [-0.1, -0.05) is 17.7 Å². The van der Waals surface area contributed by atoms with E-state index in [4.69, 9.17) is 26.1 Å². The Kier molecular flexibility index (Phi) is 7.06. The van der Waals surface area contributed by atoms with Gasteiger partial charge in [-0.25, -0.2) is 19.0 Å². The predicted molar refractivity (Wildman–Crippen MR) is 120 cm³/mol. The van der Waals surface area contributed by atoms with Crippen molar-refractivity contribution in [2.45, 2.75) is 31.9 Å². The van der Waals surface area contributed by atoms with Gasteiger partial charge in [0.15, 0.2) is 16.9 Å². The quantitative estimate of drug-likeness (QED) is 0.590. The van der Waals surface area contributed by atoms with Crippen LogP contribution >= 0.6 is 22.9 Å². The molecule has 1 fully saturated rings. The van der Waals surface area contributed by atoms with Crippen LogP contribution in [0.1, 0.15) is 36.4 Å². The summed E-state index contributed by atoms with van der Waals surface area (Å²) >= 11 is 7.72. The van der Waals surface area contributed by atoms with Crippen molar-refractivity contribution in [2.75, 3.05) is 13.2 Å². The van der Waals surface area contributed by atoms with E-state index in [0.29, 0.717) is 28.5 Å². The zero-order valence-electron chi connectivity index (χ0n) is 17.6. The second-order valence-corrected chi connectivity index (χ2v) is 8.79. The molecule has 3 atom stereocenters. The molecule has 2 aliphatic rings. The number of ether oxygens (including phenoxy) is 2. The first kappa shape index (κ1) is 23.3. The Bertz CT molecular complexity index is 1110. The van der Waals surface area contributed by atoms with Gasteiger partial charge in [0.25, 0.3) is 0 Å². The van der Waals surface area contributed by atoms with Gasteiger partial charge >= 0.3 is 11.9 Å². The number of amidine groups is 1. The summed E-state index contributed by atoms with van der Waals surface area (Å²) in [5.41, 5.74) is 1.19. The summed E-state index contributed by atoms with van der Waals surface area (Å²) in [4.78, 5) is 33.5. The summed E-state index contributed by atoms with van der Waals surface area (Å²) in [7, 11) is 0. The Labute approximate surface area is 198 Å². The van der Waals surface area contributed by atoms with Crippen molar-refractivity contribution in [3.05, 3.63) is 62.5 Å². The monoisotopic (exact) mass is 493 g/mol. The first-order valence-corrected chi connectivity index (χ1v) is 11.6. The normalized spacial score (nSPS) is 23.0. The molecule has 1 unspecified atom stereocenters. The largest absolute Gasteiger partial charge is 0.479 e. The molecule has 0 bridgehead atoms. The number of benzene rings is 1. The number of nitrogens with one attached hydrogen (secondary N) is 1. The van der Waals surface area contributed by atoms with E-state index in [-0.39, 0.29) is 36.1 Å². The number of aliphatic imine (C=N–C) groups is 1. The van der Waals surface area contributed by atoms with Crippen LogP contribution in [0, 0.1) is 11.7 Å². The van der Waals surface area contributed by atoms with Gasteiger partial charge in [-0.15, -0.1) is 11.3 Å². The lowest BCUT2D eigenvalue weighted by Crippen LogP contribution is -2.41. The molecular formula is C22H21ClFN3O5S. The number of hydrogen-bond donors (Lipinski definition) is 2. The van der Waals surface area contributed by atoms with E-state index in [1.165, 1.54) is 29.5 Å². The first-order chi connectivity index (χ1) is 15.9. The number of carboxylic acid groups (broad SMARTS) is 1. The second kappa shape index (κ2) is 9.98. The van der Waals surface area contributed by atoms with Crippen LogP contribution in [0.25, 0.3) is 0 Å². The maximum absolute atomic E-state index is 13.8. The molecule has 0 radical (unpaired) electrons. The SMILES string of the molecule is CCOC(=O)C1=C([C@@H]2CC[C@H](C(=O)O)OC2)NC(c2nccs2)=NC1c1ccc(F)cc1Cl. The van der Waals surface area contributed by atoms with Gasteiger partial charge < -0.3 is 19.9 Å². The number of hydrogen-bond acceptors (Lipinski definition) is 8. The van der Waals surface area contributed by atoms with E-state index in [2.05, 4.69) is 10.3 Å². The minimum Gasteiger partial charge on any atom is -0.479 e. The zero-order chi connectivity index (χ0) is 23.5. The van der Waals surface area contributed by atoms with Gasteiger partial charge in [0, 0.05) is 33.8 Å². The van der Waals surface area contributed by atoms with Crippen LogP contribution in [0.5, 0.6) is 0 Å². The number of carboxylic acids is 1. The van der Waals surface area contributed by atoms with Crippen LogP contribution in [-0.2, 0) is 19.1 Å². The molecule has 4 rings (SSSR count). The first-order valence-electron chi connectivity index (χ1n) is 10.3. The Morgan fingerprint density at radius 2 is 2.21 bits per heavy atom. The molecule has 2 aliphatic heterocycles. The molecule has 11 heteroatoms.